The molecule has 0 spiro atoms. The second kappa shape index (κ2) is 9.41. The van der Waals surface area contributed by atoms with Crippen LogP contribution in [0.1, 0.15) is 98.8 Å². The monoisotopic (exact) mass is 284 g/mol. The van der Waals surface area contributed by atoms with Gasteiger partial charge in [-0.15, -0.1) is 0 Å². The Balaban J connectivity index is 3.75. The summed E-state index contributed by atoms with van der Waals surface area (Å²) in [5.74, 6) is -0.679. The Morgan fingerprint density at radius 2 is 1.30 bits per heavy atom. The maximum atomic E-state index is 11.2. The molecular weight excluding hydrogens is 248 g/mol. The fourth-order valence-corrected chi connectivity index (χ4v) is 3.10. The van der Waals surface area contributed by atoms with Gasteiger partial charge in [0.25, 0.3) is 0 Å². The van der Waals surface area contributed by atoms with Crippen LogP contribution in [0.2, 0.25) is 0 Å². The number of hydrogen-bond acceptors (Lipinski definition) is 1. The standard InChI is InChI=1S/C18H36O2/c1-6-7-8-9-10-11-12-13-14-17(2,3)15-18(4,5)16(19)20/h6-15H2,1-5H3,(H,19,20). The third-order valence-corrected chi connectivity index (χ3v) is 4.21. The van der Waals surface area contributed by atoms with Crippen molar-refractivity contribution in [3.05, 3.63) is 0 Å². The molecule has 0 amide bonds. The van der Waals surface area contributed by atoms with Crippen LogP contribution in [0.4, 0.5) is 0 Å². The van der Waals surface area contributed by atoms with E-state index in [0.717, 1.165) is 12.8 Å². The number of aliphatic carboxylic acids is 1. The Morgan fingerprint density at radius 3 is 1.75 bits per heavy atom. The van der Waals surface area contributed by atoms with E-state index >= 15 is 0 Å². The van der Waals surface area contributed by atoms with Gasteiger partial charge in [0.15, 0.2) is 0 Å². The zero-order chi connectivity index (χ0) is 15.6. The molecule has 0 saturated heterocycles. The fraction of sp³-hybridized carbons (Fsp3) is 0.944. The summed E-state index contributed by atoms with van der Waals surface area (Å²) in [6, 6.07) is 0. The first-order valence-corrected chi connectivity index (χ1v) is 8.45. The van der Waals surface area contributed by atoms with Gasteiger partial charge in [-0.05, 0) is 32.1 Å². The number of carbonyl (C=O) groups is 1. The van der Waals surface area contributed by atoms with Gasteiger partial charge in [0.05, 0.1) is 5.41 Å². The maximum Gasteiger partial charge on any atom is 0.309 e. The molecule has 0 aromatic heterocycles. The third kappa shape index (κ3) is 9.39. The Labute approximate surface area is 126 Å². The second-order valence-corrected chi connectivity index (χ2v) is 7.75. The summed E-state index contributed by atoms with van der Waals surface area (Å²) in [4.78, 5) is 11.2. The van der Waals surface area contributed by atoms with Crippen molar-refractivity contribution >= 4 is 5.97 Å². The van der Waals surface area contributed by atoms with Crippen molar-refractivity contribution in [1.29, 1.82) is 0 Å². The van der Waals surface area contributed by atoms with Crippen molar-refractivity contribution in [3.63, 3.8) is 0 Å². The highest BCUT2D eigenvalue weighted by Crippen LogP contribution is 2.37. The quantitative estimate of drug-likeness (QED) is 0.443. The van der Waals surface area contributed by atoms with Gasteiger partial charge >= 0.3 is 5.97 Å². The highest BCUT2D eigenvalue weighted by Gasteiger charge is 2.34. The minimum Gasteiger partial charge on any atom is -0.481 e. The van der Waals surface area contributed by atoms with Crippen molar-refractivity contribution in [1.82, 2.24) is 0 Å². The molecule has 120 valence electrons. The Bertz CT molecular complexity index is 267. The van der Waals surface area contributed by atoms with E-state index < -0.39 is 11.4 Å². The highest BCUT2D eigenvalue weighted by molar-refractivity contribution is 5.73. The van der Waals surface area contributed by atoms with Crippen LogP contribution in [0.3, 0.4) is 0 Å². The van der Waals surface area contributed by atoms with Crippen molar-refractivity contribution in [2.75, 3.05) is 0 Å². The minimum absolute atomic E-state index is 0.129. The van der Waals surface area contributed by atoms with Crippen molar-refractivity contribution in [2.24, 2.45) is 10.8 Å². The molecule has 0 bridgehead atoms. The number of carboxylic acids is 1. The van der Waals surface area contributed by atoms with Gasteiger partial charge in [0.2, 0.25) is 0 Å². The van der Waals surface area contributed by atoms with Gasteiger partial charge in [0, 0.05) is 0 Å². The van der Waals surface area contributed by atoms with E-state index in [-0.39, 0.29) is 5.41 Å². The molecule has 0 atom stereocenters. The van der Waals surface area contributed by atoms with Crippen molar-refractivity contribution < 1.29 is 9.90 Å². The molecule has 0 aromatic carbocycles. The summed E-state index contributed by atoms with van der Waals surface area (Å²) in [5, 5.41) is 9.22. The average molecular weight is 284 g/mol. The van der Waals surface area contributed by atoms with E-state index in [4.69, 9.17) is 0 Å². The Morgan fingerprint density at radius 1 is 0.850 bits per heavy atom. The van der Waals surface area contributed by atoms with Crippen LogP contribution < -0.4 is 0 Å². The lowest BCUT2D eigenvalue weighted by Crippen LogP contribution is -2.30. The highest BCUT2D eigenvalue weighted by atomic mass is 16.4. The predicted molar refractivity (Wildman–Crippen MR) is 87.0 cm³/mol. The summed E-state index contributed by atoms with van der Waals surface area (Å²) in [7, 11) is 0. The molecule has 0 fully saturated rings. The van der Waals surface area contributed by atoms with E-state index in [1.165, 1.54) is 51.4 Å². The normalized spacial score (nSPS) is 12.7. The smallest absolute Gasteiger partial charge is 0.309 e. The molecule has 0 aliphatic rings. The topological polar surface area (TPSA) is 37.3 Å². The molecule has 2 heteroatoms. The van der Waals surface area contributed by atoms with Crippen LogP contribution in [0, 0.1) is 10.8 Å². The zero-order valence-corrected chi connectivity index (χ0v) is 14.4. The summed E-state index contributed by atoms with van der Waals surface area (Å²) in [5.41, 5.74) is -0.478. The van der Waals surface area contributed by atoms with Gasteiger partial charge in [-0.25, -0.2) is 0 Å². The SMILES string of the molecule is CCCCCCCCCCC(C)(C)CC(C)(C)C(=O)O. The third-order valence-electron chi connectivity index (χ3n) is 4.21. The van der Waals surface area contributed by atoms with Gasteiger partial charge in [-0.1, -0.05) is 72.1 Å². The lowest BCUT2D eigenvalue weighted by molar-refractivity contribution is -0.148. The first-order chi connectivity index (χ1) is 9.21. The molecule has 0 aliphatic carbocycles. The Kier molecular flexibility index (Phi) is 9.16. The van der Waals surface area contributed by atoms with Crippen LogP contribution in [0.5, 0.6) is 0 Å². The molecule has 0 heterocycles. The minimum atomic E-state index is -0.679. The second-order valence-electron chi connectivity index (χ2n) is 7.75. The molecule has 1 N–H and O–H groups in total. The zero-order valence-electron chi connectivity index (χ0n) is 14.4. The number of unbranched alkanes of at least 4 members (excludes halogenated alkanes) is 7. The van der Waals surface area contributed by atoms with Crippen LogP contribution in [0.25, 0.3) is 0 Å². The van der Waals surface area contributed by atoms with E-state index in [1.54, 1.807) is 0 Å². The number of hydrogen-bond donors (Lipinski definition) is 1. The Hall–Kier alpha value is -0.530. The largest absolute Gasteiger partial charge is 0.481 e. The summed E-state index contributed by atoms with van der Waals surface area (Å²) in [6.45, 7) is 10.3. The van der Waals surface area contributed by atoms with E-state index in [0.29, 0.717) is 0 Å². The van der Waals surface area contributed by atoms with E-state index in [9.17, 15) is 9.90 Å². The van der Waals surface area contributed by atoms with E-state index in [1.807, 2.05) is 13.8 Å². The van der Waals surface area contributed by atoms with Crippen LogP contribution in [0.15, 0.2) is 0 Å². The van der Waals surface area contributed by atoms with Gasteiger partial charge in [-0.2, -0.15) is 0 Å². The molecular formula is C18H36O2. The number of carboxylic acid groups (broad SMARTS) is 1. The predicted octanol–water partition coefficient (Wildman–Crippen LogP) is 6.04. The first-order valence-electron chi connectivity index (χ1n) is 8.45. The fourth-order valence-electron chi connectivity index (χ4n) is 3.10. The van der Waals surface area contributed by atoms with E-state index in [2.05, 4.69) is 20.8 Å². The lowest BCUT2D eigenvalue weighted by atomic mass is 9.72. The lowest BCUT2D eigenvalue weighted by Gasteiger charge is -2.32. The van der Waals surface area contributed by atoms with Crippen molar-refractivity contribution in [2.45, 2.75) is 98.8 Å². The maximum absolute atomic E-state index is 11.2. The first kappa shape index (κ1) is 19.5. The summed E-state index contributed by atoms with van der Waals surface area (Å²) in [6.07, 6.45) is 12.6. The molecule has 0 unspecified atom stereocenters. The van der Waals surface area contributed by atoms with Gasteiger partial charge < -0.3 is 5.11 Å². The number of rotatable bonds is 12. The molecule has 20 heavy (non-hydrogen) atoms. The van der Waals surface area contributed by atoms with Crippen LogP contribution in [-0.2, 0) is 4.79 Å². The van der Waals surface area contributed by atoms with Gasteiger partial charge in [-0.3, -0.25) is 4.79 Å². The van der Waals surface area contributed by atoms with Crippen LogP contribution in [-0.4, -0.2) is 11.1 Å². The molecule has 0 saturated carbocycles. The summed E-state index contributed by atoms with van der Waals surface area (Å²) < 4.78 is 0. The molecule has 0 aliphatic heterocycles. The van der Waals surface area contributed by atoms with Crippen LogP contribution >= 0.6 is 0 Å². The molecule has 0 radical (unpaired) electrons. The molecule has 0 rings (SSSR count). The van der Waals surface area contributed by atoms with Gasteiger partial charge in [0.1, 0.15) is 0 Å². The average Bonchev–Trinajstić information content (AvgIpc) is 2.31. The summed E-state index contributed by atoms with van der Waals surface area (Å²) >= 11 is 0. The molecule has 2 nitrogen and oxygen atoms in total. The molecule has 0 aromatic rings. The van der Waals surface area contributed by atoms with Crippen molar-refractivity contribution in [3.8, 4) is 0 Å².